The van der Waals surface area contributed by atoms with Crippen molar-refractivity contribution < 1.29 is 23.5 Å². The molecule has 1 atom stereocenters. The average molecular weight is 482 g/mol. The number of likely N-dealkylation sites (tertiary alicyclic amines) is 2. The number of anilines is 1. The average Bonchev–Trinajstić information content (AvgIpc) is 3.57. The molecule has 0 radical (unpaired) electrons. The number of hydrogen-bond acceptors (Lipinski definition) is 6. The van der Waals surface area contributed by atoms with E-state index in [1.807, 2.05) is 4.90 Å². The first kappa shape index (κ1) is 24.3. The van der Waals surface area contributed by atoms with E-state index in [4.69, 9.17) is 9.15 Å². The number of benzene rings is 1. The topological polar surface area (TPSA) is 116 Å². The third-order valence-corrected chi connectivity index (χ3v) is 6.15. The number of hydrogen-bond donors (Lipinski definition) is 2. The van der Waals surface area contributed by atoms with Gasteiger partial charge in [0.1, 0.15) is 11.8 Å². The van der Waals surface area contributed by atoms with Crippen LogP contribution in [0.15, 0.2) is 52.1 Å². The third kappa shape index (κ3) is 6.40. The lowest BCUT2D eigenvalue weighted by molar-refractivity contribution is -0.140. The number of carbonyl (C=O) groups is 3. The highest BCUT2D eigenvalue weighted by atomic mass is 16.5. The number of amides is 3. The van der Waals surface area contributed by atoms with E-state index < -0.39 is 11.9 Å². The van der Waals surface area contributed by atoms with Crippen molar-refractivity contribution in [1.29, 1.82) is 0 Å². The van der Waals surface area contributed by atoms with E-state index in [9.17, 15) is 14.4 Å². The molecule has 2 aliphatic rings. The number of nitrogens with one attached hydrogen (secondary N) is 2. The van der Waals surface area contributed by atoms with Gasteiger partial charge in [-0.15, -0.1) is 0 Å². The predicted octanol–water partition coefficient (Wildman–Crippen LogP) is 2.49. The fourth-order valence-electron chi connectivity index (χ4n) is 4.23. The predicted molar refractivity (Wildman–Crippen MR) is 130 cm³/mol. The van der Waals surface area contributed by atoms with Gasteiger partial charge >= 0.3 is 0 Å². The summed E-state index contributed by atoms with van der Waals surface area (Å²) in [6.45, 7) is 2.07. The minimum Gasteiger partial charge on any atom is -0.497 e. The molecule has 3 amide bonds. The molecule has 2 fully saturated rings. The number of methoxy groups -OCH3 is 1. The Morgan fingerprint density at radius 2 is 1.83 bits per heavy atom. The fourth-order valence-corrected chi connectivity index (χ4v) is 4.23. The molecule has 0 aliphatic carbocycles. The number of nitrogens with zero attached hydrogens (tertiary/aromatic N) is 3. The van der Waals surface area contributed by atoms with Crippen LogP contribution in [0.1, 0.15) is 42.7 Å². The minimum atomic E-state index is -0.721. The van der Waals surface area contributed by atoms with Gasteiger partial charge in [0.25, 0.3) is 5.91 Å². The van der Waals surface area contributed by atoms with Crippen LogP contribution in [0.25, 0.3) is 0 Å². The minimum absolute atomic E-state index is 0.0248. The molecule has 1 aromatic heterocycles. The first-order valence-corrected chi connectivity index (χ1v) is 11.9. The van der Waals surface area contributed by atoms with E-state index in [2.05, 4.69) is 15.6 Å². The Labute approximate surface area is 204 Å². The number of carbonyl (C=O) groups excluding carboxylic acids is 3. The maximum Gasteiger partial charge on any atom is 0.293 e. The second-order valence-electron chi connectivity index (χ2n) is 8.62. The van der Waals surface area contributed by atoms with Crippen LogP contribution in [0, 0.1) is 0 Å². The third-order valence-electron chi connectivity index (χ3n) is 6.15. The largest absolute Gasteiger partial charge is 0.497 e. The van der Waals surface area contributed by atoms with Gasteiger partial charge in [0.15, 0.2) is 5.76 Å². The van der Waals surface area contributed by atoms with Crippen molar-refractivity contribution in [3.8, 4) is 5.75 Å². The molecular formula is C25H31N5O5. The SMILES string of the molecule is COc1ccc(NC(=N[C@H]2CCCCN(CC(=O)N3CCCC3)C2=O)NC(=O)c2ccco2)cc1. The van der Waals surface area contributed by atoms with E-state index in [1.165, 1.54) is 6.26 Å². The summed E-state index contributed by atoms with van der Waals surface area (Å²) in [6, 6.07) is 9.55. The van der Waals surface area contributed by atoms with Crippen LogP contribution in [0.5, 0.6) is 5.75 Å². The molecule has 2 aliphatic heterocycles. The van der Waals surface area contributed by atoms with Gasteiger partial charge in [-0.2, -0.15) is 0 Å². The second-order valence-corrected chi connectivity index (χ2v) is 8.62. The monoisotopic (exact) mass is 481 g/mol. The van der Waals surface area contributed by atoms with E-state index in [-0.39, 0.29) is 30.1 Å². The molecule has 2 N–H and O–H groups in total. The van der Waals surface area contributed by atoms with Crippen LogP contribution in [0.2, 0.25) is 0 Å². The molecule has 186 valence electrons. The molecule has 0 unspecified atom stereocenters. The summed E-state index contributed by atoms with van der Waals surface area (Å²) in [5.41, 5.74) is 0.659. The molecule has 0 saturated carbocycles. The molecule has 2 saturated heterocycles. The maximum absolute atomic E-state index is 13.4. The van der Waals surface area contributed by atoms with Gasteiger partial charge in [0.05, 0.1) is 19.9 Å². The van der Waals surface area contributed by atoms with E-state index >= 15 is 0 Å². The van der Waals surface area contributed by atoms with Crippen molar-refractivity contribution in [2.45, 2.75) is 38.1 Å². The van der Waals surface area contributed by atoms with Gasteiger partial charge in [0.2, 0.25) is 17.8 Å². The standard InChI is InChI=1S/C25H31N5O5/c1-34-19-11-9-18(10-12-19)26-25(28-23(32)21-8-6-16-35-21)27-20-7-2-3-15-30(24(20)33)17-22(31)29-13-4-5-14-29/h6,8-12,16,20H,2-5,7,13-15,17H2,1H3,(H2,26,27,28,32)/t20-/m0/s1. The normalized spacial score (nSPS) is 18.8. The first-order chi connectivity index (χ1) is 17.0. The zero-order valence-electron chi connectivity index (χ0n) is 19.9. The van der Waals surface area contributed by atoms with Gasteiger partial charge in [-0.25, -0.2) is 4.99 Å². The lowest BCUT2D eigenvalue weighted by Crippen LogP contribution is -2.45. The summed E-state index contributed by atoms with van der Waals surface area (Å²) in [6.07, 6.45) is 5.52. The van der Waals surface area contributed by atoms with Gasteiger partial charge in [0, 0.05) is 25.3 Å². The van der Waals surface area contributed by atoms with Crippen LogP contribution < -0.4 is 15.4 Å². The Bertz CT molecular complexity index is 1040. The second kappa shape index (κ2) is 11.5. The Morgan fingerprint density at radius 3 is 2.51 bits per heavy atom. The van der Waals surface area contributed by atoms with Crippen molar-refractivity contribution in [2.24, 2.45) is 4.99 Å². The van der Waals surface area contributed by atoms with Crippen molar-refractivity contribution in [2.75, 3.05) is 38.6 Å². The summed E-state index contributed by atoms with van der Waals surface area (Å²) >= 11 is 0. The fraction of sp³-hybridized carbons (Fsp3) is 0.440. The summed E-state index contributed by atoms with van der Waals surface area (Å²) in [4.78, 5) is 46.7. The molecular weight excluding hydrogens is 450 g/mol. The molecule has 10 heteroatoms. The molecule has 10 nitrogen and oxygen atoms in total. The molecule has 0 bridgehead atoms. The molecule has 1 aromatic carbocycles. The van der Waals surface area contributed by atoms with Gasteiger partial charge in [-0.05, 0) is 68.5 Å². The number of rotatable bonds is 6. The summed E-state index contributed by atoms with van der Waals surface area (Å²) in [5, 5.41) is 5.80. The van der Waals surface area contributed by atoms with Crippen molar-refractivity contribution >= 4 is 29.4 Å². The summed E-state index contributed by atoms with van der Waals surface area (Å²) in [7, 11) is 1.58. The molecule has 3 heterocycles. The zero-order chi connectivity index (χ0) is 24.6. The number of furan rings is 1. The number of ether oxygens (including phenoxy) is 1. The summed E-state index contributed by atoms with van der Waals surface area (Å²) in [5.74, 6) is 0.212. The van der Waals surface area contributed by atoms with E-state index in [0.717, 1.165) is 38.8 Å². The lowest BCUT2D eigenvalue weighted by Gasteiger charge is -2.25. The van der Waals surface area contributed by atoms with Gasteiger partial charge < -0.3 is 24.3 Å². The van der Waals surface area contributed by atoms with Crippen molar-refractivity contribution in [3.05, 3.63) is 48.4 Å². The van der Waals surface area contributed by atoms with Gasteiger partial charge in [-0.3, -0.25) is 19.7 Å². The van der Waals surface area contributed by atoms with Crippen LogP contribution in [-0.4, -0.2) is 72.8 Å². The summed E-state index contributed by atoms with van der Waals surface area (Å²) < 4.78 is 10.4. The highest BCUT2D eigenvalue weighted by molar-refractivity contribution is 6.09. The quantitative estimate of drug-likeness (QED) is 0.484. The van der Waals surface area contributed by atoms with Crippen molar-refractivity contribution in [1.82, 2.24) is 15.1 Å². The Hall–Kier alpha value is -3.82. The van der Waals surface area contributed by atoms with Crippen LogP contribution in [0.3, 0.4) is 0 Å². The zero-order valence-corrected chi connectivity index (χ0v) is 19.9. The lowest BCUT2D eigenvalue weighted by atomic mass is 10.1. The molecule has 35 heavy (non-hydrogen) atoms. The number of aliphatic imine (C=N–C) groups is 1. The van der Waals surface area contributed by atoms with Gasteiger partial charge in [-0.1, -0.05) is 0 Å². The smallest absolute Gasteiger partial charge is 0.293 e. The molecule has 0 spiro atoms. The Kier molecular flexibility index (Phi) is 8.02. The van der Waals surface area contributed by atoms with Crippen LogP contribution >= 0.6 is 0 Å². The first-order valence-electron chi connectivity index (χ1n) is 11.9. The number of guanidine groups is 1. The van der Waals surface area contributed by atoms with Crippen LogP contribution in [0.4, 0.5) is 5.69 Å². The Morgan fingerprint density at radius 1 is 1.09 bits per heavy atom. The Balaban J connectivity index is 1.53. The van der Waals surface area contributed by atoms with E-state index in [1.54, 1.807) is 48.4 Å². The molecule has 4 rings (SSSR count). The highest BCUT2D eigenvalue weighted by Crippen LogP contribution is 2.18. The van der Waals surface area contributed by atoms with Crippen LogP contribution in [-0.2, 0) is 9.59 Å². The van der Waals surface area contributed by atoms with E-state index in [0.29, 0.717) is 24.4 Å². The molecule has 2 aromatic rings. The maximum atomic E-state index is 13.4. The highest BCUT2D eigenvalue weighted by Gasteiger charge is 2.30. The van der Waals surface area contributed by atoms with Crippen molar-refractivity contribution in [3.63, 3.8) is 0 Å².